The van der Waals surface area contributed by atoms with Crippen LogP contribution in [0.4, 0.5) is 0 Å². The molecule has 1 aromatic heterocycles. The third-order valence-corrected chi connectivity index (χ3v) is 3.31. The quantitative estimate of drug-likeness (QED) is 0.947. The minimum absolute atomic E-state index is 0.510. The maximum absolute atomic E-state index is 10.3. The average molecular weight is 317 g/mol. The first-order valence-electron chi connectivity index (χ1n) is 5.15. The van der Waals surface area contributed by atoms with E-state index in [1.54, 1.807) is 23.0 Å². The van der Waals surface area contributed by atoms with Gasteiger partial charge in [0.2, 0.25) is 0 Å². The molecule has 1 N–H and O–H groups in total. The van der Waals surface area contributed by atoms with Crippen LogP contribution >= 0.6 is 27.5 Å². The van der Waals surface area contributed by atoms with Crippen molar-refractivity contribution in [3.8, 4) is 0 Å². The monoisotopic (exact) mass is 315 g/mol. The number of aliphatic hydroxyl groups is 1. The smallest absolute Gasteiger partial charge is 0.124 e. The summed E-state index contributed by atoms with van der Waals surface area (Å²) in [6.45, 7) is 2.59. The number of hydrogen-bond donors (Lipinski definition) is 1. The van der Waals surface area contributed by atoms with Gasteiger partial charge in [0.15, 0.2) is 0 Å². The fourth-order valence-electron chi connectivity index (χ4n) is 1.61. The summed E-state index contributed by atoms with van der Waals surface area (Å²) in [6.07, 6.45) is 0.734. The van der Waals surface area contributed by atoms with Crippen LogP contribution in [0, 0.1) is 0 Å². The van der Waals surface area contributed by atoms with Crippen molar-refractivity contribution in [2.75, 3.05) is 0 Å². The number of halogens is 2. The van der Waals surface area contributed by atoms with Gasteiger partial charge in [-0.3, -0.25) is 0 Å². The number of aliphatic hydroxyl groups excluding tert-OH is 1. The molecule has 0 fully saturated rings. The molecule has 17 heavy (non-hydrogen) atoms. The molecule has 90 valence electrons. The average Bonchev–Trinajstić information content (AvgIpc) is 2.76. The zero-order valence-electron chi connectivity index (χ0n) is 9.14. The van der Waals surface area contributed by atoms with Crippen molar-refractivity contribution in [2.45, 2.75) is 19.6 Å². The summed E-state index contributed by atoms with van der Waals surface area (Å²) < 4.78 is 2.52. The SMILES string of the molecule is CCn1nncc1C(O)c1ccc(Br)cc1Cl. The van der Waals surface area contributed by atoms with Gasteiger partial charge in [-0.25, -0.2) is 4.68 Å². The van der Waals surface area contributed by atoms with Crippen molar-refractivity contribution in [3.63, 3.8) is 0 Å². The first-order chi connectivity index (χ1) is 8.13. The lowest BCUT2D eigenvalue weighted by Gasteiger charge is -2.13. The molecule has 0 aliphatic heterocycles. The molecule has 0 saturated carbocycles. The van der Waals surface area contributed by atoms with Gasteiger partial charge in [-0.1, -0.05) is 38.8 Å². The summed E-state index contributed by atoms with van der Waals surface area (Å²) in [7, 11) is 0. The summed E-state index contributed by atoms with van der Waals surface area (Å²) >= 11 is 9.42. The molecule has 0 bridgehead atoms. The molecule has 0 spiro atoms. The van der Waals surface area contributed by atoms with Gasteiger partial charge in [-0.15, -0.1) is 5.10 Å². The van der Waals surface area contributed by atoms with Gasteiger partial charge >= 0.3 is 0 Å². The Labute approximate surface area is 112 Å². The Kier molecular flexibility index (Phi) is 3.81. The van der Waals surface area contributed by atoms with Crippen LogP contribution in [0.3, 0.4) is 0 Å². The highest BCUT2D eigenvalue weighted by atomic mass is 79.9. The first kappa shape index (κ1) is 12.5. The molecule has 1 unspecified atom stereocenters. The van der Waals surface area contributed by atoms with E-state index < -0.39 is 6.10 Å². The lowest BCUT2D eigenvalue weighted by molar-refractivity contribution is 0.208. The van der Waals surface area contributed by atoms with E-state index in [1.807, 2.05) is 13.0 Å². The van der Waals surface area contributed by atoms with Gasteiger partial charge in [-0.05, 0) is 19.1 Å². The Hall–Kier alpha value is -0.910. The molecular formula is C11H11BrClN3O. The summed E-state index contributed by atoms with van der Waals surface area (Å²) in [5, 5.41) is 18.4. The van der Waals surface area contributed by atoms with Crippen molar-refractivity contribution in [3.05, 3.63) is 45.1 Å². The molecular weight excluding hydrogens is 305 g/mol. The molecule has 0 aliphatic carbocycles. The summed E-state index contributed by atoms with van der Waals surface area (Å²) in [6, 6.07) is 5.37. The van der Waals surface area contributed by atoms with E-state index in [-0.39, 0.29) is 0 Å². The van der Waals surface area contributed by atoms with Crippen molar-refractivity contribution in [2.24, 2.45) is 0 Å². The van der Waals surface area contributed by atoms with E-state index in [4.69, 9.17) is 11.6 Å². The van der Waals surface area contributed by atoms with Gasteiger partial charge in [0.05, 0.1) is 11.9 Å². The van der Waals surface area contributed by atoms with E-state index in [2.05, 4.69) is 26.2 Å². The molecule has 1 heterocycles. The maximum atomic E-state index is 10.3. The number of nitrogens with zero attached hydrogens (tertiary/aromatic N) is 3. The highest BCUT2D eigenvalue weighted by Gasteiger charge is 2.18. The van der Waals surface area contributed by atoms with Crippen LogP contribution in [0.15, 0.2) is 28.9 Å². The highest BCUT2D eigenvalue weighted by Crippen LogP contribution is 2.29. The molecule has 2 rings (SSSR count). The molecule has 0 radical (unpaired) electrons. The molecule has 1 atom stereocenters. The Morgan fingerprint density at radius 3 is 2.94 bits per heavy atom. The van der Waals surface area contributed by atoms with Crippen LogP contribution in [0.2, 0.25) is 5.02 Å². The topological polar surface area (TPSA) is 50.9 Å². The fourth-order valence-corrected chi connectivity index (χ4v) is 2.38. The molecule has 0 saturated heterocycles. The van der Waals surface area contributed by atoms with Gasteiger partial charge in [0, 0.05) is 21.6 Å². The van der Waals surface area contributed by atoms with Crippen LogP contribution in [0.25, 0.3) is 0 Å². The Balaban J connectivity index is 2.40. The zero-order valence-corrected chi connectivity index (χ0v) is 11.5. The molecule has 6 heteroatoms. The lowest BCUT2D eigenvalue weighted by atomic mass is 10.1. The summed E-state index contributed by atoms with van der Waals surface area (Å²) in [5.74, 6) is 0. The number of rotatable bonds is 3. The third-order valence-electron chi connectivity index (χ3n) is 2.48. The molecule has 4 nitrogen and oxygen atoms in total. The summed E-state index contributed by atoms with van der Waals surface area (Å²) in [4.78, 5) is 0. The fraction of sp³-hybridized carbons (Fsp3) is 0.273. The van der Waals surface area contributed by atoms with Crippen LogP contribution in [0.1, 0.15) is 24.3 Å². The zero-order chi connectivity index (χ0) is 12.4. The van der Waals surface area contributed by atoms with Crippen molar-refractivity contribution in [1.82, 2.24) is 15.0 Å². The van der Waals surface area contributed by atoms with Gasteiger partial charge in [0.1, 0.15) is 6.10 Å². The minimum atomic E-state index is -0.814. The van der Waals surface area contributed by atoms with E-state index in [0.29, 0.717) is 22.8 Å². The highest BCUT2D eigenvalue weighted by molar-refractivity contribution is 9.10. The number of aryl methyl sites for hydroxylation is 1. The van der Waals surface area contributed by atoms with E-state index in [1.165, 1.54) is 0 Å². The number of benzene rings is 1. The standard InChI is InChI=1S/C11H11BrClN3O/c1-2-16-10(6-14-15-16)11(17)8-4-3-7(12)5-9(8)13/h3-6,11,17H,2H2,1H3. The minimum Gasteiger partial charge on any atom is -0.382 e. The van der Waals surface area contributed by atoms with Crippen molar-refractivity contribution in [1.29, 1.82) is 0 Å². The second-order valence-corrected chi connectivity index (χ2v) is 4.87. The van der Waals surface area contributed by atoms with Crippen LogP contribution in [0.5, 0.6) is 0 Å². The van der Waals surface area contributed by atoms with Crippen LogP contribution < -0.4 is 0 Å². The molecule has 0 aliphatic rings. The lowest BCUT2D eigenvalue weighted by Crippen LogP contribution is -2.09. The van der Waals surface area contributed by atoms with E-state index in [0.717, 1.165) is 4.47 Å². The van der Waals surface area contributed by atoms with Crippen LogP contribution in [-0.2, 0) is 6.54 Å². The predicted octanol–water partition coefficient (Wildman–Crippen LogP) is 2.80. The van der Waals surface area contributed by atoms with E-state index in [9.17, 15) is 5.11 Å². The van der Waals surface area contributed by atoms with E-state index >= 15 is 0 Å². The predicted molar refractivity (Wildman–Crippen MR) is 68.9 cm³/mol. The largest absolute Gasteiger partial charge is 0.382 e. The number of aromatic nitrogens is 3. The second kappa shape index (κ2) is 5.16. The summed E-state index contributed by atoms with van der Waals surface area (Å²) in [5.41, 5.74) is 1.28. The Bertz CT molecular complexity index is 529. The van der Waals surface area contributed by atoms with Gasteiger partial charge in [0.25, 0.3) is 0 Å². The third kappa shape index (κ3) is 2.51. The van der Waals surface area contributed by atoms with Crippen molar-refractivity contribution < 1.29 is 5.11 Å². The molecule has 1 aromatic carbocycles. The molecule has 0 amide bonds. The molecule has 2 aromatic rings. The first-order valence-corrected chi connectivity index (χ1v) is 6.32. The maximum Gasteiger partial charge on any atom is 0.124 e. The normalized spacial score (nSPS) is 12.7. The van der Waals surface area contributed by atoms with Crippen molar-refractivity contribution >= 4 is 27.5 Å². The van der Waals surface area contributed by atoms with Gasteiger partial charge in [-0.2, -0.15) is 0 Å². The Morgan fingerprint density at radius 1 is 1.53 bits per heavy atom. The number of hydrogen-bond acceptors (Lipinski definition) is 3. The van der Waals surface area contributed by atoms with Crippen LogP contribution in [-0.4, -0.2) is 20.1 Å². The Morgan fingerprint density at radius 2 is 2.29 bits per heavy atom. The van der Waals surface area contributed by atoms with Gasteiger partial charge < -0.3 is 5.11 Å². The second-order valence-electron chi connectivity index (χ2n) is 3.54.